The Balaban J connectivity index is 1.86. The minimum atomic E-state index is -3.48. The number of fused-ring (bicyclic) bond motifs is 2. The first-order chi connectivity index (χ1) is 15.7. The van der Waals surface area contributed by atoms with Crippen LogP contribution in [0.15, 0.2) is 42.5 Å². The molecule has 0 unspecified atom stereocenters. The van der Waals surface area contributed by atoms with Gasteiger partial charge in [0.25, 0.3) is 0 Å². The van der Waals surface area contributed by atoms with Crippen LogP contribution in [0.1, 0.15) is 17.3 Å². The number of nitrogens with zero attached hydrogens (tertiary/aromatic N) is 2. The average Bonchev–Trinajstić information content (AvgIpc) is 3.19. The fourth-order valence-corrected chi connectivity index (χ4v) is 3.89. The third-order valence-corrected chi connectivity index (χ3v) is 5.25. The van der Waals surface area contributed by atoms with Gasteiger partial charge in [-0.3, -0.25) is 4.72 Å². The van der Waals surface area contributed by atoms with Crippen molar-refractivity contribution >= 4 is 50.1 Å². The second-order valence-corrected chi connectivity index (χ2v) is 8.82. The number of anilines is 3. The molecular formula is C21H20N4O7S. The number of benzene rings is 2. The molecule has 0 aliphatic carbocycles. The highest BCUT2D eigenvalue weighted by Gasteiger charge is 2.26. The van der Waals surface area contributed by atoms with E-state index in [-0.39, 0.29) is 36.2 Å². The fraction of sp³-hybridized carbons (Fsp3) is 0.190. The second kappa shape index (κ2) is 8.47. The molecule has 33 heavy (non-hydrogen) atoms. The van der Waals surface area contributed by atoms with Crippen molar-refractivity contribution in [3.63, 3.8) is 0 Å². The number of amides is 2. The van der Waals surface area contributed by atoms with Crippen molar-refractivity contribution in [1.29, 1.82) is 0 Å². The summed E-state index contributed by atoms with van der Waals surface area (Å²) in [6, 6.07) is 9.79. The zero-order valence-electron chi connectivity index (χ0n) is 17.7. The molecule has 1 aliphatic heterocycles. The Morgan fingerprint density at radius 2 is 1.82 bits per heavy atom. The minimum absolute atomic E-state index is 0.0142. The van der Waals surface area contributed by atoms with Crippen molar-refractivity contribution in [3.8, 4) is 11.5 Å². The summed E-state index contributed by atoms with van der Waals surface area (Å²) in [7, 11) is -3.48. The van der Waals surface area contributed by atoms with Crippen molar-refractivity contribution in [3.05, 3.63) is 48.0 Å². The Bertz CT molecular complexity index is 1360. The first-order valence-electron chi connectivity index (χ1n) is 9.75. The Labute approximate surface area is 189 Å². The van der Waals surface area contributed by atoms with E-state index in [9.17, 15) is 18.0 Å². The zero-order chi connectivity index (χ0) is 23.8. The van der Waals surface area contributed by atoms with Crippen LogP contribution >= 0.6 is 0 Å². The summed E-state index contributed by atoms with van der Waals surface area (Å²) in [5.74, 6) is 0.247. The first kappa shape index (κ1) is 22.1. The van der Waals surface area contributed by atoms with Gasteiger partial charge in [-0.05, 0) is 43.3 Å². The van der Waals surface area contributed by atoms with Crippen LogP contribution in [-0.4, -0.2) is 45.1 Å². The maximum Gasteiger partial charge on any atom is 0.341 e. The normalized spacial score (nSPS) is 12.4. The molecule has 0 bridgehead atoms. The molecule has 0 spiro atoms. The van der Waals surface area contributed by atoms with Gasteiger partial charge in [0.1, 0.15) is 5.56 Å². The number of nitrogens with two attached hydrogens (primary N) is 1. The largest absolute Gasteiger partial charge is 0.462 e. The molecule has 2 aromatic carbocycles. The predicted octanol–water partition coefficient (Wildman–Crippen LogP) is 2.73. The van der Waals surface area contributed by atoms with E-state index >= 15 is 0 Å². The number of pyridine rings is 1. The minimum Gasteiger partial charge on any atom is -0.462 e. The quantitative estimate of drug-likeness (QED) is 0.520. The van der Waals surface area contributed by atoms with Crippen LogP contribution in [0.5, 0.6) is 11.5 Å². The SMILES string of the molecule is CCOC(=O)c1cc2cc3c(cc2nc1N(C(N)=O)c1ccc(NS(C)(=O)=O)cc1)OCO3. The van der Waals surface area contributed by atoms with Crippen LogP contribution in [0.4, 0.5) is 22.0 Å². The molecule has 3 N–H and O–H groups in total. The molecule has 172 valence electrons. The van der Waals surface area contributed by atoms with Gasteiger partial charge in [0.15, 0.2) is 17.3 Å². The monoisotopic (exact) mass is 472 g/mol. The summed E-state index contributed by atoms with van der Waals surface area (Å²) >= 11 is 0. The van der Waals surface area contributed by atoms with E-state index in [0.29, 0.717) is 22.4 Å². The highest BCUT2D eigenvalue weighted by Crippen LogP contribution is 2.38. The zero-order valence-corrected chi connectivity index (χ0v) is 18.5. The number of rotatable bonds is 6. The maximum absolute atomic E-state index is 12.7. The Morgan fingerprint density at radius 1 is 1.15 bits per heavy atom. The van der Waals surface area contributed by atoms with Gasteiger partial charge >= 0.3 is 12.0 Å². The number of carbonyl (C=O) groups excluding carboxylic acids is 2. The van der Waals surface area contributed by atoms with Crippen LogP contribution in [0.2, 0.25) is 0 Å². The number of esters is 1. The highest BCUT2D eigenvalue weighted by molar-refractivity contribution is 7.92. The van der Waals surface area contributed by atoms with Crippen LogP contribution in [0.3, 0.4) is 0 Å². The topological polar surface area (TPSA) is 150 Å². The molecule has 0 atom stereocenters. The van der Waals surface area contributed by atoms with Gasteiger partial charge in [0.2, 0.25) is 16.8 Å². The van der Waals surface area contributed by atoms with Gasteiger partial charge in [-0.2, -0.15) is 0 Å². The number of nitrogens with one attached hydrogen (secondary N) is 1. The number of hydrogen-bond donors (Lipinski definition) is 2. The van der Waals surface area contributed by atoms with E-state index in [1.54, 1.807) is 19.1 Å². The first-order valence-corrected chi connectivity index (χ1v) is 11.6. The number of primary amides is 1. The lowest BCUT2D eigenvalue weighted by Gasteiger charge is -2.22. The Hall–Kier alpha value is -4.06. The van der Waals surface area contributed by atoms with Gasteiger partial charge < -0.3 is 19.9 Å². The van der Waals surface area contributed by atoms with Gasteiger partial charge in [-0.25, -0.2) is 27.9 Å². The van der Waals surface area contributed by atoms with Crippen LogP contribution < -0.4 is 24.8 Å². The van der Waals surface area contributed by atoms with Crippen LogP contribution in [0, 0.1) is 0 Å². The number of sulfonamides is 1. The van der Waals surface area contributed by atoms with Crippen LogP contribution in [-0.2, 0) is 14.8 Å². The summed E-state index contributed by atoms with van der Waals surface area (Å²) in [6.07, 6.45) is 1.02. The molecule has 12 heteroatoms. The number of ether oxygens (including phenoxy) is 3. The summed E-state index contributed by atoms with van der Waals surface area (Å²) in [6.45, 7) is 1.83. The van der Waals surface area contributed by atoms with Crippen molar-refractivity contribution in [2.75, 3.05) is 29.3 Å². The van der Waals surface area contributed by atoms with Crippen LogP contribution in [0.25, 0.3) is 10.9 Å². The Morgan fingerprint density at radius 3 is 2.42 bits per heavy atom. The molecule has 0 saturated carbocycles. The van der Waals surface area contributed by atoms with Gasteiger partial charge in [-0.15, -0.1) is 0 Å². The number of urea groups is 1. The summed E-state index contributed by atoms with van der Waals surface area (Å²) in [5, 5.41) is 0.572. The van der Waals surface area contributed by atoms with Gasteiger partial charge in [0.05, 0.1) is 24.1 Å². The standard InChI is InChI=1S/C21H20N4O7S/c1-3-30-20(26)15-8-12-9-17-18(32-11-31-17)10-16(12)23-19(15)25(21(22)27)14-6-4-13(5-7-14)24-33(2,28)29/h4-10,24H,3,11H2,1-2H3,(H2,22,27). The molecule has 1 aliphatic rings. The summed E-state index contributed by atoms with van der Waals surface area (Å²) in [4.78, 5) is 30.8. The third kappa shape index (κ3) is 4.60. The molecule has 0 radical (unpaired) electrons. The highest BCUT2D eigenvalue weighted by atomic mass is 32.2. The van der Waals surface area contributed by atoms with E-state index in [1.165, 1.54) is 30.3 Å². The van der Waals surface area contributed by atoms with E-state index in [0.717, 1.165) is 11.2 Å². The third-order valence-electron chi connectivity index (χ3n) is 4.65. The number of carbonyl (C=O) groups is 2. The molecule has 0 fully saturated rings. The molecule has 3 aromatic rings. The van der Waals surface area contributed by atoms with E-state index < -0.39 is 22.0 Å². The van der Waals surface area contributed by atoms with Crippen molar-refractivity contribution in [1.82, 2.24) is 4.98 Å². The lowest BCUT2D eigenvalue weighted by atomic mass is 10.1. The van der Waals surface area contributed by atoms with Crippen molar-refractivity contribution < 1.29 is 32.2 Å². The molecule has 2 amide bonds. The lowest BCUT2D eigenvalue weighted by molar-refractivity contribution is 0.0527. The smallest absolute Gasteiger partial charge is 0.341 e. The summed E-state index contributed by atoms with van der Waals surface area (Å²) in [5.41, 5.74) is 6.66. The number of aromatic nitrogens is 1. The number of hydrogen-bond acceptors (Lipinski definition) is 8. The molecule has 2 heterocycles. The van der Waals surface area contributed by atoms with Crippen molar-refractivity contribution in [2.24, 2.45) is 5.73 Å². The molecule has 1 aromatic heterocycles. The molecule has 11 nitrogen and oxygen atoms in total. The van der Waals surface area contributed by atoms with E-state index in [4.69, 9.17) is 19.9 Å². The van der Waals surface area contributed by atoms with Crippen molar-refractivity contribution in [2.45, 2.75) is 6.92 Å². The predicted molar refractivity (Wildman–Crippen MR) is 120 cm³/mol. The summed E-state index contributed by atoms with van der Waals surface area (Å²) < 4.78 is 41.2. The average molecular weight is 472 g/mol. The van der Waals surface area contributed by atoms with E-state index in [1.807, 2.05) is 0 Å². The molecular weight excluding hydrogens is 452 g/mol. The fourth-order valence-electron chi connectivity index (χ4n) is 3.33. The molecule has 4 rings (SSSR count). The Kier molecular flexibility index (Phi) is 5.68. The van der Waals surface area contributed by atoms with Gasteiger partial charge in [-0.1, -0.05) is 0 Å². The lowest BCUT2D eigenvalue weighted by Crippen LogP contribution is -2.33. The molecule has 0 saturated heterocycles. The maximum atomic E-state index is 12.7. The second-order valence-electron chi connectivity index (χ2n) is 7.07. The van der Waals surface area contributed by atoms with Gasteiger partial charge in [0, 0.05) is 17.1 Å². The van der Waals surface area contributed by atoms with E-state index in [2.05, 4.69) is 9.71 Å².